The first-order valence-electron chi connectivity index (χ1n) is 31.3. The molecule has 5 aliphatic rings. The van der Waals surface area contributed by atoms with Crippen molar-refractivity contribution in [3.8, 4) is 22.3 Å². The van der Waals surface area contributed by atoms with Crippen LogP contribution < -0.4 is 0 Å². The van der Waals surface area contributed by atoms with Gasteiger partial charge in [-0.05, 0) is 130 Å². The monoisotopic (exact) mass is 1220 g/mol. The number of nitrogens with one attached hydrogen (secondary N) is 1. The number of hydrogen-bond acceptors (Lipinski definition) is 15. The number of allylic oxidation sites excluding steroid dienone is 3. The number of esters is 1. The number of aliphatic hydroxyl groups excluding tert-OH is 2. The van der Waals surface area contributed by atoms with E-state index in [9.17, 15) is 39.3 Å². The number of H-pyrrole nitrogens is 1. The average Bonchev–Trinajstić information content (AvgIpc) is 2.33. The Hall–Kier alpha value is -5.67. The van der Waals surface area contributed by atoms with Crippen molar-refractivity contribution in [3.63, 3.8) is 0 Å². The number of cyclic esters (lactones) is 1. The number of pyridine rings is 1. The second-order valence-corrected chi connectivity index (χ2v) is 25.9. The quantitative estimate of drug-likeness (QED) is 0.0589. The average molecular weight is 1220 g/mol. The molecule has 0 unspecified atom stereocenters. The van der Waals surface area contributed by atoms with Crippen LogP contribution in [0.3, 0.4) is 0 Å². The SMILES string of the molecule is CO[C@H]1C[C@@H](C)C/C(C)=C/[C@@H](CCC(=O)N2CCN(Cc3ccc(-c4cnc5[nH]cc(-c6cccc(Cl)c6)c5c4)cc3)CC2)C(=O)C[C@H](O)[C@@H](C)[C@@H](/C(C)=C/[C@@H]2CC[C@@H](O)[C@H](OC)C2)OC(=O)[C@@H]2CCCCN2C(=O)C(=O)[C@]2(O)O[C@H]1[C@@H](OC)C[C@H]2C. The van der Waals surface area contributed by atoms with E-state index in [2.05, 4.69) is 40.2 Å². The predicted octanol–water partition coefficient (Wildman–Crippen LogP) is 9.05. The first kappa shape index (κ1) is 65.8. The molecule has 0 spiro atoms. The molecule has 14 atom stereocenters. The molecule has 9 rings (SSSR count). The number of ketones is 2. The normalized spacial score (nSPS) is 32.3. The van der Waals surface area contributed by atoms with Crippen molar-refractivity contribution in [3.05, 3.63) is 101 Å². The van der Waals surface area contributed by atoms with Gasteiger partial charge in [0.25, 0.3) is 11.7 Å². The van der Waals surface area contributed by atoms with Crippen LogP contribution in [0.25, 0.3) is 33.3 Å². The number of aromatic amines is 1. The number of carbonyl (C=O) groups excluding carboxylic acids is 5. The third-order valence-corrected chi connectivity index (χ3v) is 19.4. The molecule has 3 saturated heterocycles. The van der Waals surface area contributed by atoms with E-state index in [1.165, 1.54) is 19.1 Å². The number of hydrogen-bond donors (Lipinski definition) is 4. The standard InChI is InChI=1S/C68H90ClN5O13/c1-40-28-41(2)30-59(84-7)63-60(85-8)32-43(4)68(82,87-63)64(79)66(80)74-23-10-9-14-54(74)67(81)86-62(42(3)31-46-17-21-55(75)58(33-46)83-6)44(5)56(76)36-57(77)49(29-40)20-22-61(78)73-26-24-72(25-27-73)39-45-15-18-47(19-16-45)50-35-52-53(38-71-65(52)70-37-50)48-12-11-13-51(69)34-48/h11-13,15-16,18-19,29,31,34-35,37-38,41,43-44,46,49,54-56,58-60,62-63,75-76,82H,9-10,14,17,20-28,30,32-33,36,39H2,1-8H3,(H,70,71)/b40-29+,42-31+/t41-,43+,44+,46-,49+,54-,55+,56-,58+,59-,60-,62+,63+,68+/m0/s1. The molecule has 1 saturated carbocycles. The maximum Gasteiger partial charge on any atom is 0.329 e. The molecule has 2 aromatic carbocycles. The van der Waals surface area contributed by atoms with Crippen molar-refractivity contribution in [2.45, 2.75) is 173 Å². The van der Waals surface area contributed by atoms with Gasteiger partial charge in [-0.3, -0.25) is 24.1 Å². The van der Waals surface area contributed by atoms with Crippen LogP contribution in [0.1, 0.15) is 117 Å². The van der Waals surface area contributed by atoms with E-state index >= 15 is 0 Å². The highest BCUT2D eigenvalue weighted by Gasteiger charge is 2.57. The van der Waals surface area contributed by atoms with Crippen molar-refractivity contribution in [1.82, 2.24) is 24.7 Å². The van der Waals surface area contributed by atoms with Gasteiger partial charge in [0.2, 0.25) is 11.7 Å². The van der Waals surface area contributed by atoms with Gasteiger partial charge in [-0.25, -0.2) is 9.78 Å². The highest BCUT2D eigenvalue weighted by Crippen LogP contribution is 2.40. The summed E-state index contributed by atoms with van der Waals surface area (Å²) in [6.45, 7) is 12.3. The molecule has 2 amide bonds. The van der Waals surface area contributed by atoms with Crippen LogP contribution in [0.2, 0.25) is 5.02 Å². The van der Waals surface area contributed by atoms with Crippen molar-refractivity contribution in [2.24, 2.45) is 29.6 Å². The summed E-state index contributed by atoms with van der Waals surface area (Å²) < 4.78 is 30.3. The van der Waals surface area contributed by atoms with Gasteiger partial charge >= 0.3 is 5.97 Å². The number of methoxy groups -OCH3 is 3. The second kappa shape index (κ2) is 29.3. The number of amides is 2. The maximum absolute atomic E-state index is 14.8. The summed E-state index contributed by atoms with van der Waals surface area (Å²) in [6, 6.07) is 17.2. The van der Waals surface area contributed by atoms with Crippen molar-refractivity contribution in [1.29, 1.82) is 0 Å². The maximum atomic E-state index is 14.8. The molecule has 4 aromatic rings. The molecular formula is C68H90ClN5O13. The highest BCUT2D eigenvalue weighted by molar-refractivity contribution is 6.39. The fourth-order valence-corrected chi connectivity index (χ4v) is 14.2. The van der Waals surface area contributed by atoms with E-state index in [-0.39, 0.29) is 62.2 Å². The molecule has 19 heteroatoms. The summed E-state index contributed by atoms with van der Waals surface area (Å²) in [5.41, 5.74) is 7.54. The number of ether oxygens (including phenoxy) is 5. The van der Waals surface area contributed by atoms with Gasteiger partial charge in [-0.15, -0.1) is 0 Å². The molecular weight excluding hydrogens is 1130 g/mol. The lowest BCUT2D eigenvalue weighted by atomic mass is 9.81. The lowest BCUT2D eigenvalue weighted by molar-refractivity contribution is -0.302. The van der Waals surface area contributed by atoms with Crippen molar-refractivity contribution >= 4 is 52.0 Å². The Balaban J connectivity index is 0.914. The fourth-order valence-electron chi connectivity index (χ4n) is 14.0. The zero-order valence-electron chi connectivity index (χ0n) is 51.8. The third-order valence-electron chi connectivity index (χ3n) is 19.2. The summed E-state index contributed by atoms with van der Waals surface area (Å²) >= 11 is 6.33. The number of carbonyl (C=O) groups is 5. The largest absolute Gasteiger partial charge is 0.456 e. The van der Waals surface area contributed by atoms with Crippen LogP contribution in [0.15, 0.2) is 90.3 Å². The van der Waals surface area contributed by atoms with Crippen LogP contribution in [-0.4, -0.2) is 178 Å². The van der Waals surface area contributed by atoms with Crippen LogP contribution in [-0.2, 0) is 54.2 Å². The van der Waals surface area contributed by atoms with Gasteiger partial charge in [0.15, 0.2) is 0 Å². The summed E-state index contributed by atoms with van der Waals surface area (Å²) in [5.74, 6) is -8.56. The minimum Gasteiger partial charge on any atom is -0.456 e. The van der Waals surface area contributed by atoms with E-state index in [4.69, 9.17) is 40.3 Å². The molecule has 87 heavy (non-hydrogen) atoms. The summed E-state index contributed by atoms with van der Waals surface area (Å²) in [6.07, 6.45) is 5.99. The van der Waals surface area contributed by atoms with E-state index in [0.717, 1.165) is 51.0 Å². The van der Waals surface area contributed by atoms with Gasteiger partial charge in [0.05, 0.1) is 30.5 Å². The van der Waals surface area contributed by atoms with E-state index in [1.807, 2.05) is 67.6 Å². The van der Waals surface area contributed by atoms with Crippen molar-refractivity contribution < 1.29 is 63.0 Å². The topological polar surface area (TPSA) is 231 Å². The van der Waals surface area contributed by atoms with Gasteiger partial charge < -0.3 is 53.8 Å². The van der Waals surface area contributed by atoms with Gasteiger partial charge in [-0.1, -0.05) is 86.5 Å². The van der Waals surface area contributed by atoms with Crippen LogP contribution in [0.5, 0.6) is 0 Å². The van der Waals surface area contributed by atoms with Crippen molar-refractivity contribution in [2.75, 3.05) is 54.1 Å². The first-order chi connectivity index (χ1) is 41.7. The number of benzene rings is 2. The number of aliphatic hydroxyl groups is 3. The molecule has 0 radical (unpaired) electrons. The number of halogens is 1. The van der Waals surface area contributed by atoms with E-state index in [0.29, 0.717) is 81.7 Å². The molecule has 2 aromatic heterocycles. The van der Waals surface area contributed by atoms with E-state index < -0.39 is 90.0 Å². The Labute approximate surface area is 516 Å². The number of piperazine rings is 1. The van der Waals surface area contributed by atoms with Crippen LogP contribution >= 0.6 is 11.6 Å². The summed E-state index contributed by atoms with van der Waals surface area (Å²) in [5, 5.41) is 36.8. The Morgan fingerprint density at radius 1 is 0.839 bits per heavy atom. The number of piperidine rings is 1. The molecule has 4 N–H and O–H groups in total. The molecule has 4 fully saturated rings. The first-order valence-corrected chi connectivity index (χ1v) is 31.7. The lowest BCUT2D eigenvalue weighted by Gasteiger charge is -2.47. The molecule has 18 nitrogen and oxygen atoms in total. The van der Waals surface area contributed by atoms with Crippen LogP contribution in [0.4, 0.5) is 0 Å². The minimum absolute atomic E-state index is 0.0508. The Morgan fingerprint density at radius 2 is 1.56 bits per heavy atom. The zero-order valence-corrected chi connectivity index (χ0v) is 52.6. The highest BCUT2D eigenvalue weighted by atomic mass is 35.5. The Morgan fingerprint density at radius 3 is 2.28 bits per heavy atom. The Kier molecular flexibility index (Phi) is 22.2. The molecule has 472 valence electrons. The van der Waals surface area contributed by atoms with Gasteiger partial charge in [0, 0.05) is 125 Å². The zero-order chi connectivity index (χ0) is 62.3. The van der Waals surface area contributed by atoms with Gasteiger partial charge in [0.1, 0.15) is 29.7 Å². The number of nitrogens with zero attached hydrogens (tertiary/aromatic N) is 4. The smallest absolute Gasteiger partial charge is 0.329 e. The molecule has 2 bridgehead atoms. The fraction of sp³-hybridized carbons (Fsp3) is 0.588. The number of rotatable bonds is 12. The van der Waals surface area contributed by atoms with Crippen LogP contribution in [0, 0.1) is 29.6 Å². The van der Waals surface area contributed by atoms with E-state index in [1.54, 1.807) is 27.9 Å². The minimum atomic E-state index is -2.57. The summed E-state index contributed by atoms with van der Waals surface area (Å²) in [4.78, 5) is 86.1. The second-order valence-electron chi connectivity index (χ2n) is 25.5. The predicted molar refractivity (Wildman–Crippen MR) is 331 cm³/mol. The number of fused-ring (bicyclic) bond motifs is 4. The molecule has 6 heterocycles. The summed E-state index contributed by atoms with van der Waals surface area (Å²) in [7, 11) is 4.60. The third kappa shape index (κ3) is 15.5. The van der Waals surface area contributed by atoms with Gasteiger partial charge in [-0.2, -0.15) is 0 Å². The Bertz CT molecular complexity index is 3120. The number of aromatic nitrogens is 2. The molecule has 1 aliphatic carbocycles. The molecule has 4 aliphatic heterocycles. The number of Topliss-reactive ketones (excluding diaryl/α,β-unsaturated/α-hetero) is 2. The lowest BCUT2D eigenvalue weighted by Crippen LogP contribution is -2.64.